The number of hydrogen-bond acceptors (Lipinski definition) is 5. The van der Waals surface area contributed by atoms with Gasteiger partial charge in [0.15, 0.2) is 0 Å². The molecule has 0 aliphatic heterocycles. The Morgan fingerprint density at radius 1 is 1.43 bits per heavy atom. The summed E-state index contributed by atoms with van der Waals surface area (Å²) in [5.74, 6) is 0.368. The number of thiazole rings is 1. The Kier molecular flexibility index (Phi) is 5.14. The number of hydrogen-bond donors (Lipinski definition) is 2. The molecule has 1 unspecified atom stereocenters. The summed E-state index contributed by atoms with van der Waals surface area (Å²) in [6.45, 7) is 6.56. The fourth-order valence-electron chi connectivity index (χ4n) is 1.77. The van der Waals surface area contributed by atoms with Gasteiger partial charge >= 0.3 is 0 Å². The molecule has 0 saturated heterocycles. The van der Waals surface area contributed by atoms with Crippen molar-refractivity contribution in [3.8, 4) is 0 Å². The first-order valence-electron chi connectivity index (χ1n) is 6.64. The van der Waals surface area contributed by atoms with E-state index in [1.807, 2.05) is 20.8 Å². The van der Waals surface area contributed by atoms with Gasteiger partial charge in [0.05, 0.1) is 16.6 Å². The lowest BCUT2D eigenvalue weighted by Gasteiger charge is -2.12. The first kappa shape index (κ1) is 15.7. The van der Waals surface area contributed by atoms with Crippen LogP contribution >= 0.6 is 22.9 Å². The van der Waals surface area contributed by atoms with Gasteiger partial charge in [0.25, 0.3) is 5.91 Å². The first-order chi connectivity index (χ1) is 10.0. The average Bonchev–Trinajstić information content (AvgIpc) is 2.88. The smallest absolute Gasteiger partial charge is 0.253 e. The van der Waals surface area contributed by atoms with E-state index in [4.69, 9.17) is 11.6 Å². The van der Waals surface area contributed by atoms with Crippen molar-refractivity contribution in [3.05, 3.63) is 38.9 Å². The molecule has 21 heavy (non-hydrogen) atoms. The van der Waals surface area contributed by atoms with E-state index in [0.29, 0.717) is 16.4 Å². The Hall–Kier alpha value is -1.66. The molecule has 2 aromatic heterocycles. The summed E-state index contributed by atoms with van der Waals surface area (Å²) in [6, 6.07) is 1.46. The molecule has 0 aliphatic carbocycles. The molecule has 2 heterocycles. The van der Waals surface area contributed by atoms with Gasteiger partial charge in [-0.2, -0.15) is 0 Å². The minimum absolute atomic E-state index is 0.150. The van der Waals surface area contributed by atoms with Crippen molar-refractivity contribution in [2.45, 2.75) is 26.8 Å². The number of amides is 1. The minimum atomic E-state index is -0.215. The summed E-state index contributed by atoms with van der Waals surface area (Å²) in [6.07, 6.45) is 3.31. The van der Waals surface area contributed by atoms with Crippen molar-refractivity contribution in [1.29, 1.82) is 0 Å². The number of halogens is 1. The Labute approximate surface area is 132 Å². The van der Waals surface area contributed by atoms with E-state index in [1.165, 1.54) is 6.20 Å². The van der Waals surface area contributed by atoms with Crippen LogP contribution in [0.2, 0.25) is 5.02 Å². The molecule has 7 heteroatoms. The molecule has 2 aromatic rings. The zero-order chi connectivity index (χ0) is 15.4. The van der Waals surface area contributed by atoms with Crippen molar-refractivity contribution in [2.24, 2.45) is 0 Å². The van der Waals surface area contributed by atoms with Gasteiger partial charge in [-0.1, -0.05) is 11.6 Å². The molecule has 112 valence electrons. The molecule has 0 aliphatic rings. The molecule has 5 nitrogen and oxygen atoms in total. The maximum atomic E-state index is 12.2. The molecule has 1 atom stereocenters. The largest absolute Gasteiger partial charge is 0.369 e. The summed E-state index contributed by atoms with van der Waals surface area (Å²) in [5.41, 5.74) is 0.432. The third kappa shape index (κ3) is 3.92. The highest BCUT2D eigenvalue weighted by molar-refractivity contribution is 7.11. The second-order valence-electron chi connectivity index (χ2n) is 4.59. The van der Waals surface area contributed by atoms with Crippen LogP contribution in [-0.2, 0) is 0 Å². The van der Waals surface area contributed by atoms with Crippen LogP contribution < -0.4 is 10.6 Å². The van der Waals surface area contributed by atoms with Crippen LogP contribution in [-0.4, -0.2) is 22.4 Å². The Balaban J connectivity index is 2.08. The molecule has 0 aromatic carbocycles. The van der Waals surface area contributed by atoms with E-state index in [-0.39, 0.29) is 11.9 Å². The highest BCUT2D eigenvalue weighted by atomic mass is 35.5. The molecule has 0 saturated carbocycles. The summed E-state index contributed by atoms with van der Waals surface area (Å²) in [5, 5.41) is 7.23. The maximum absolute atomic E-state index is 12.2. The van der Waals surface area contributed by atoms with Crippen LogP contribution in [0.15, 0.2) is 18.5 Å². The van der Waals surface area contributed by atoms with Crippen molar-refractivity contribution in [2.75, 3.05) is 11.9 Å². The van der Waals surface area contributed by atoms with Crippen LogP contribution in [0.4, 0.5) is 5.82 Å². The second-order valence-corrected chi connectivity index (χ2v) is 6.26. The number of carbonyl (C=O) groups excluding carboxylic acids is 1. The van der Waals surface area contributed by atoms with E-state index < -0.39 is 0 Å². The number of pyridine rings is 1. The normalized spacial score (nSPS) is 12.0. The Morgan fingerprint density at radius 3 is 2.76 bits per heavy atom. The topological polar surface area (TPSA) is 66.9 Å². The van der Waals surface area contributed by atoms with Gasteiger partial charge in [0.1, 0.15) is 10.8 Å². The lowest BCUT2D eigenvalue weighted by atomic mass is 10.2. The SMILES string of the molecule is CCNc1ncc(C(=O)NC(C)c2ncc(C)s2)cc1Cl. The molecule has 1 amide bonds. The molecule has 0 radical (unpaired) electrons. The summed E-state index contributed by atoms with van der Waals surface area (Å²) < 4.78 is 0. The van der Waals surface area contributed by atoms with Crippen LogP contribution in [0.1, 0.15) is 40.1 Å². The van der Waals surface area contributed by atoms with Gasteiger partial charge in [0.2, 0.25) is 0 Å². The van der Waals surface area contributed by atoms with Crippen LogP contribution in [0.5, 0.6) is 0 Å². The lowest BCUT2D eigenvalue weighted by molar-refractivity contribution is 0.0939. The van der Waals surface area contributed by atoms with E-state index in [1.54, 1.807) is 23.6 Å². The van der Waals surface area contributed by atoms with Crippen molar-refractivity contribution in [1.82, 2.24) is 15.3 Å². The lowest BCUT2D eigenvalue weighted by Crippen LogP contribution is -2.26. The standard InChI is InChI=1S/C14H17ClN4OS/c1-4-16-12-11(15)5-10(7-17-12)13(20)19-9(3)14-18-6-8(2)21-14/h5-7,9H,4H2,1-3H3,(H,16,17)(H,19,20). The zero-order valence-corrected chi connectivity index (χ0v) is 13.7. The van der Waals surface area contributed by atoms with Gasteiger partial charge in [-0.05, 0) is 26.8 Å². The summed E-state index contributed by atoms with van der Waals surface area (Å²) in [4.78, 5) is 21.7. The van der Waals surface area contributed by atoms with Crippen LogP contribution in [0.3, 0.4) is 0 Å². The molecule has 0 spiro atoms. The highest BCUT2D eigenvalue weighted by Crippen LogP contribution is 2.22. The third-order valence-corrected chi connectivity index (χ3v) is 4.19. The fourth-order valence-corrected chi connectivity index (χ4v) is 2.78. The van der Waals surface area contributed by atoms with Crippen LogP contribution in [0, 0.1) is 6.92 Å². The number of aryl methyl sites for hydroxylation is 1. The van der Waals surface area contributed by atoms with Gasteiger partial charge in [-0.25, -0.2) is 9.97 Å². The molecular weight excluding hydrogens is 308 g/mol. The molecule has 0 fully saturated rings. The average molecular weight is 325 g/mol. The molecule has 2 N–H and O–H groups in total. The minimum Gasteiger partial charge on any atom is -0.369 e. The second kappa shape index (κ2) is 6.87. The van der Waals surface area contributed by atoms with Crippen molar-refractivity contribution in [3.63, 3.8) is 0 Å². The Bertz CT molecular complexity index is 644. The fraction of sp³-hybridized carbons (Fsp3) is 0.357. The third-order valence-electron chi connectivity index (χ3n) is 2.80. The van der Waals surface area contributed by atoms with Gasteiger partial charge in [0, 0.05) is 23.8 Å². The summed E-state index contributed by atoms with van der Waals surface area (Å²) >= 11 is 7.66. The molecule has 0 bridgehead atoms. The van der Waals surface area contributed by atoms with Crippen LogP contribution in [0.25, 0.3) is 0 Å². The number of rotatable bonds is 5. The number of nitrogens with zero attached hydrogens (tertiary/aromatic N) is 2. The van der Waals surface area contributed by atoms with Crippen molar-refractivity contribution < 1.29 is 4.79 Å². The predicted octanol–water partition coefficient (Wildman–Crippen LogP) is 3.42. The van der Waals surface area contributed by atoms with E-state index >= 15 is 0 Å². The number of nitrogens with one attached hydrogen (secondary N) is 2. The monoisotopic (exact) mass is 324 g/mol. The molecule has 2 rings (SSSR count). The van der Waals surface area contributed by atoms with Gasteiger partial charge in [-0.3, -0.25) is 4.79 Å². The quantitative estimate of drug-likeness (QED) is 0.884. The number of aromatic nitrogens is 2. The number of carbonyl (C=O) groups is 1. The Morgan fingerprint density at radius 2 is 2.19 bits per heavy atom. The van der Waals surface area contributed by atoms with E-state index in [0.717, 1.165) is 16.4 Å². The van der Waals surface area contributed by atoms with Gasteiger partial charge in [-0.15, -0.1) is 11.3 Å². The molecular formula is C14H17ClN4OS. The van der Waals surface area contributed by atoms with E-state index in [9.17, 15) is 4.79 Å². The highest BCUT2D eigenvalue weighted by Gasteiger charge is 2.15. The predicted molar refractivity (Wildman–Crippen MR) is 86.1 cm³/mol. The number of anilines is 1. The summed E-state index contributed by atoms with van der Waals surface area (Å²) in [7, 11) is 0. The zero-order valence-electron chi connectivity index (χ0n) is 12.1. The maximum Gasteiger partial charge on any atom is 0.253 e. The van der Waals surface area contributed by atoms with Gasteiger partial charge < -0.3 is 10.6 Å². The van der Waals surface area contributed by atoms with E-state index in [2.05, 4.69) is 20.6 Å². The first-order valence-corrected chi connectivity index (χ1v) is 7.83. The van der Waals surface area contributed by atoms with Crippen molar-refractivity contribution >= 4 is 34.7 Å².